The Hall–Kier alpha value is -0.640. The summed E-state index contributed by atoms with van der Waals surface area (Å²) in [5.41, 5.74) is 2.20. The van der Waals surface area contributed by atoms with Gasteiger partial charge >= 0.3 is 0 Å². The molecule has 0 aliphatic carbocycles. The van der Waals surface area contributed by atoms with Gasteiger partial charge in [0.05, 0.1) is 6.10 Å². The molecule has 0 aliphatic rings. The molecule has 0 spiro atoms. The van der Waals surface area contributed by atoms with Gasteiger partial charge in [-0.15, -0.1) is 11.3 Å². The van der Waals surface area contributed by atoms with Gasteiger partial charge in [0, 0.05) is 21.2 Å². The lowest BCUT2D eigenvalue weighted by atomic mass is 10.0. The topological polar surface area (TPSA) is 20.2 Å². The summed E-state index contributed by atoms with van der Waals surface area (Å²) in [4.78, 5) is 1.19. The van der Waals surface area contributed by atoms with Crippen LogP contribution in [0.1, 0.15) is 22.1 Å². The highest BCUT2D eigenvalue weighted by Crippen LogP contribution is 2.25. The molecule has 1 nitrogen and oxygen atoms in total. The van der Waals surface area contributed by atoms with Crippen LogP contribution >= 0.6 is 27.3 Å². The summed E-state index contributed by atoms with van der Waals surface area (Å²) in [5.74, 6) is 0. The van der Waals surface area contributed by atoms with Crippen LogP contribution in [0.2, 0.25) is 0 Å². The first kappa shape index (κ1) is 11.8. The van der Waals surface area contributed by atoms with Crippen molar-refractivity contribution in [3.05, 3.63) is 56.2 Å². The summed E-state index contributed by atoms with van der Waals surface area (Å²) in [6, 6.07) is 10.1. The van der Waals surface area contributed by atoms with E-state index in [2.05, 4.69) is 22.0 Å². The van der Waals surface area contributed by atoms with E-state index in [0.717, 1.165) is 10.0 Å². The molecule has 3 heteroatoms. The lowest BCUT2D eigenvalue weighted by Crippen LogP contribution is -2.00. The van der Waals surface area contributed by atoms with Crippen LogP contribution in [0.4, 0.5) is 0 Å². The molecule has 84 valence electrons. The van der Waals surface area contributed by atoms with Crippen LogP contribution in [-0.2, 0) is 6.42 Å². The number of rotatable bonds is 3. The number of halogens is 1. The summed E-state index contributed by atoms with van der Waals surface area (Å²) in [6.45, 7) is 2.05. The first-order valence-electron chi connectivity index (χ1n) is 5.12. The summed E-state index contributed by atoms with van der Waals surface area (Å²) in [5, 5.41) is 12.1. The molecule has 1 aromatic carbocycles. The van der Waals surface area contributed by atoms with E-state index in [-0.39, 0.29) is 0 Å². The molecule has 0 radical (unpaired) electrons. The second-order valence-corrected chi connectivity index (χ2v) is 5.77. The monoisotopic (exact) mass is 296 g/mol. The van der Waals surface area contributed by atoms with Gasteiger partial charge in [-0.05, 0) is 34.5 Å². The summed E-state index contributed by atoms with van der Waals surface area (Å²) < 4.78 is 1.09. The van der Waals surface area contributed by atoms with E-state index in [0.29, 0.717) is 6.42 Å². The molecular formula is C13H13BrOS. The number of thiophene rings is 1. The quantitative estimate of drug-likeness (QED) is 0.904. The Morgan fingerprint density at radius 3 is 2.56 bits per heavy atom. The van der Waals surface area contributed by atoms with E-state index in [1.165, 1.54) is 10.4 Å². The Morgan fingerprint density at radius 2 is 2.00 bits per heavy atom. The summed E-state index contributed by atoms with van der Waals surface area (Å²) >= 11 is 5.09. The lowest BCUT2D eigenvalue weighted by Gasteiger charge is -2.09. The first-order valence-corrected chi connectivity index (χ1v) is 6.80. The Kier molecular flexibility index (Phi) is 3.79. The molecule has 1 aromatic heterocycles. The zero-order chi connectivity index (χ0) is 11.5. The molecular weight excluding hydrogens is 284 g/mol. The molecule has 1 heterocycles. The van der Waals surface area contributed by atoms with Crippen molar-refractivity contribution in [2.45, 2.75) is 19.4 Å². The van der Waals surface area contributed by atoms with Gasteiger partial charge in [-0.3, -0.25) is 0 Å². The van der Waals surface area contributed by atoms with Crippen molar-refractivity contribution in [3.8, 4) is 0 Å². The van der Waals surface area contributed by atoms with Gasteiger partial charge in [0.15, 0.2) is 0 Å². The highest BCUT2D eigenvalue weighted by Gasteiger charge is 2.09. The van der Waals surface area contributed by atoms with E-state index in [1.807, 2.05) is 36.6 Å². The van der Waals surface area contributed by atoms with Crippen molar-refractivity contribution < 1.29 is 5.11 Å². The van der Waals surface area contributed by atoms with Crippen LogP contribution in [0, 0.1) is 6.92 Å². The highest BCUT2D eigenvalue weighted by atomic mass is 79.9. The fourth-order valence-corrected chi connectivity index (χ4v) is 3.05. The van der Waals surface area contributed by atoms with Gasteiger partial charge in [-0.2, -0.15) is 0 Å². The molecule has 0 fully saturated rings. The third-order valence-electron chi connectivity index (χ3n) is 2.48. The van der Waals surface area contributed by atoms with Crippen molar-refractivity contribution in [2.75, 3.05) is 0 Å². The van der Waals surface area contributed by atoms with Crippen LogP contribution < -0.4 is 0 Å². The maximum absolute atomic E-state index is 10.1. The maximum atomic E-state index is 10.1. The molecule has 0 amide bonds. The molecule has 0 aliphatic heterocycles. The van der Waals surface area contributed by atoms with Gasteiger partial charge in [-0.25, -0.2) is 0 Å². The third kappa shape index (κ3) is 2.94. The van der Waals surface area contributed by atoms with Gasteiger partial charge in [0.25, 0.3) is 0 Å². The number of aliphatic hydroxyl groups is 1. The number of aliphatic hydroxyl groups excluding tert-OH is 1. The van der Waals surface area contributed by atoms with Crippen LogP contribution in [-0.4, -0.2) is 5.11 Å². The fourth-order valence-electron chi connectivity index (χ4n) is 1.56. The maximum Gasteiger partial charge on any atom is 0.0838 e. The van der Waals surface area contributed by atoms with Crippen molar-refractivity contribution in [3.63, 3.8) is 0 Å². The molecule has 0 saturated heterocycles. The molecule has 2 aromatic rings. The smallest absolute Gasteiger partial charge is 0.0838 e. The summed E-state index contributed by atoms with van der Waals surface area (Å²) in [6.07, 6.45) is 0.269. The van der Waals surface area contributed by atoms with Crippen LogP contribution in [0.15, 0.2) is 40.2 Å². The van der Waals surface area contributed by atoms with E-state index in [1.54, 1.807) is 11.3 Å². The van der Waals surface area contributed by atoms with Gasteiger partial charge in [-0.1, -0.05) is 29.8 Å². The third-order valence-corrected chi connectivity index (χ3v) is 4.20. The lowest BCUT2D eigenvalue weighted by molar-refractivity contribution is 0.179. The standard InChI is InChI=1S/C13H13BrOS/c1-9-2-4-10(5-3-9)13(15)7-12-6-11(14)8-16-12/h2-6,8,13,15H,7H2,1H3. The minimum absolute atomic E-state index is 0.411. The molecule has 0 saturated carbocycles. The fraction of sp³-hybridized carbons (Fsp3) is 0.231. The van der Waals surface area contributed by atoms with E-state index >= 15 is 0 Å². The zero-order valence-electron chi connectivity index (χ0n) is 8.98. The largest absolute Gasteiger partial charge is 0.388 e. The van der Waals surface area contributed by atoms with E-state index in [9.17, 15) is 5.11 Å². The second-order valence-electron chi connectivity index (χ2n) is 3.86. The Balaban J connectivity index is 2.08. The molecule has 0 bridgehead atoms. The Morgan fingerprint density at radius 1 is 1.31 bits per heavy atom. The number of hydrogen-bond donors (Lipinski definition) is 1. The van der Waals surface area contributed by atoms with Gasteiger partial charge in [0.2, 0.25) is 0 Å². The van der Waals surface area contributed by atoms with Crippen molar-refractivity contribution in [1.82, 2.24) is 0 Å². The number of hydrogen-bond acceptors (Lipinski definition) is 2. The van der Waals surface area contributed by atoms with Gasteiger partial charge < -0.3 is 5.11 Å². The minimum Gasteiger partial charge on any atom is -0.388 e. The predicted molar refractivity (Wildman–Crippen MR) is 71.9 cm³/mol. The van der Waals surface area contributed by atoms with Crippen molar-refractivity contribution >= 4 is 27.3 Å². The van der Waals surface area contributed by atoms with E-state index in [4.69, 9.17) is 0 Å². The Bertz CT molecular complexity index is 461. The van der Waals surface area contributed by atoms with E-state index < -0.39 is 6.10 Å². The highest BCUT2D eigenvalue weighted by molar-refractivity contribution is 9.10. The molecule has 1 atom stereocenters. The molecule has 1 unspecified atom stereocenters. The van der Waals surface area contributed by atoms with Gasteiger partial charge in [0.1, 0.15) is 0 Å². The predicted octanol–water partition coefficient (Wildman–Crippen LogP) is 4.10. The average molecular weight is 297 g/mol. The van der Waals surface area contributed by atoms with Crippen LogP contribution in [0.5, 0.6) is 0 Å². The van der Waals surface area contributed by atoms with Crippen molar-refractivity contribution in [1.29, 1.82) is 0 Å². The number of benzene rings is 1. The second kappa shape index (κ2) is 5.13. The molecule has 2 rings (SSSR count). The average Bonchev–Trinajstić information content (AvgIpc) is 2.65. The minimum atomic E-state index is -0.411. The van der Waals surface area contributed by atoms with Crippen LogP contribution in [0.25, 0.3) is 0 Å². The first-order chi connectivity index (χ1) is 7.65. The van der Waals surface area contributed by atoms with Crippen LogP contribution in [0.3, 0.4) is 0 Å². The SMILES string of the molecule is Cc1ccc(C(O)Cc2cc(Br)cs2)cc1. The Labute approximate surface area is 108 Å². The number of aryl methyl sites for hydroxylation is 1. The summed E-state index contributed by atoms with van der Waals surface area (Å²) in [7, 11) is 0. The van der Waals surface area contributed by atoms with Crippen molar-refractivity contribution in [2.24, 2.45) is 0 Å². The molecule has 1 N–H and O–H groups in total. The zero-order valence-corrected chi connectivity index (χ0v) is 11.4. The molecule has 16 heavy (non-hydrogen) atoms. The normalized spacial score (nSPS) is 12.7.